The molecule has 2 heterocycles. The average Bonchev–Trinajstić information content (AvgIpc) is 3.40. The van der Waals surface area contributed by atoms with Gasteiger partial charge in [0, 0.05) is 24.6 Å². The second-order valence-electron chi connectivity index (χ2n) is 7.70. The van der Waals surface area contributed by atoms with E-state index in [0.717, 1.165) is 21.4 Å². The van der Waals surface area contributed by atoms with Gasteiger partial charge >= 0.3 is 17.6 Å². The Morgan fingerprint density at radius 3 is 2.53 bits per heavy atom. The number of anilines is 1. The molecule has 0 spiro atoms. The molecule has 0 unspecified atom stereocenters. The third kappa shape index (κ3) is 5.61. The van der Waals surface area contributed by atoms with Gasteiger partial charge in [0.05, 0.1) is 5.56 Å². The monoisotopic (exact) mass is 506 g/mol. The summed E-state index contributed by atoms with van der Waals surface area (Å²) in [7, 11) is 1.41. The molecule has 4 rings (SSSR count). The molecule has 0 bridgehead atoms. The molecule has 3 amide bonds. The second kappa shape index (κ2) is 10.9. The van der Waals surface area contributed by atoms with Crippen LogP contribution in [0.15, 0.2) is 75.3 Å². The Bertz CT molecular complexity index is 1460. The van der Waals surface area contributed by atoms with Gasteiger partial charge in [-0.25, -0.2) is 19.3 Å². The number of carbonyl (C=O) groups excluding carboxylic acids is 3. The van der Waals surface area contributed by atoms with Crippen LogP contribution in [0.3, 0.4) is 0 Å². The number of hydrogen-bond donors (Lipinski definition) is 1. The summed E-state index contributed by atoms with van der Waals surface area (Å²) in [6.45, 7) is 1.47. The fourth-order valence-electron chi connectivity index (χ4n) is 3.42. The topological polar surface area (TPSA) is 115 Å². The number of amides is 3. The Morgan fingerprint density at radius 1 is 1.06 bits per heavy atom. The average molecular weight is 507 g/mol. The minimum Gasteiger partial charge on any atom is -0.489 e. The van der Waals surface area contributed by atoms with Crippen LogP contribution in [0.25, 0.3) is 11.0 Å². The van der Waals surface area contributed by atoms with E-state index in [0.29, 0.717) is 16.3 Å². The van der Waals surface area contributed by atoms with Crippen LogP contribution in [-0.2, 0) is 16.1 Å². The van der Waals surface area contributed by atoms with Crippen molar-refractivity contribution in [1.82, 2.24) is 5.32 Å². The summed E-state index contributed by atoms with van der Waals surface area (Å²) < 4.78 is 16.1. The maximum atomic E-state index is 12.5. The number of carbonyl (C=O) groups is 3. The Kier molecular flexibility index (Phi) is 7.45. The summed E-state index contributed by atoms with van der Waals surface area (Å²) in [5.74, 6) is -0.833. The van der Waals surface area contributed by atoms with Crippen LogP contribution in [0.5, 0.6) is 5.75 Å². The maximum Gasteiger partial charge on any atom is 0.338 e. The summed E-state index contributed by atoms with van der Waals surface area (Å²) in [6.07, 6.45) is 0. The highest BCUT2D eigenvalue weighted by molar-refractivity contribution is 7.14. The molecule has 0 saturated carbocycles. The molecule has 4 aromatic rings. The molecule has 0 aliphatic rings. The Hall–Kier alpha value is -4.44. The molecule has 0 aliphatic carbocycles. The number of imide groups is 1. The number of benzene rings is 2. The molecule has 1 N–H and O–H groups in total. The van der Waals surface area contributed by atoms with E-state index in [2.05, 4.69) is 5.32 Å². The fourth-order valence-corrected chi connectivity index (χ4v) is 4.16. The smallest absolute Gasteiger partial charge is 0.338 e. The first-order valence-electron chi connectivity index (χ1n) is 10.9. The molecular weight excluding hydrogens is 484 g/mol. The summed E-state index contributed by atoms with van der Waals surface area (Å²) in [5.41, 5.74) is 1.88. The third-order valence-electron chi connectivity index (χ3n) is 5.24. The van der Waals surface area contributed by atoms with Crippen LogP contribution in [0.1, 0.15) is 21.5 Å². The van der Waals surface area contributed by atoms with E-state index < -0.39 is 30.1 Å². The van der Waals surface area contributed by atoms with Crippen molar-refractivity contribution in [2.45, 2.75) is 13.5 Å². The number of esters is 1. The van der Waals surface area contributed by atoms with Gasteiger partial charge in [-0.15, -0.1) is 11.3 Å². The van der Waals surface area contributed by atoms with Gasteiger partial charge in [-0.2, -0.15) is 0 Å². The van der Waals surface area contributed by atoms with E-state index in [1.54, 1.807) is 53.9 Å². The number of thiophene rings is 1. The minimum atomic E-state index is -0.696. The lowest BCUT2D eigenvalue weighted by atomic mass is 10.1. The second-order valence-corrected chi connectivity index (χ2v) is 8.63. The van der Waals surface area contributed by atoms with Gasteiger partial charge in [-0.05, 0) is 59.8 Å². The molecule has 184 valence electrons. The molecule has 9 nitrogen and oxygen atoms in total. The molecule has 0 atom stereocenters. The zero-order valence-electron chi connectivity index (χ0n) is 19.5. The summed E-state index contributed by atoms with van der Waals surface area (Å²) >= 11 is 1.21. The third-order valence-corrected chi connectivity index (χ3v) is 6.09. The van der Waals surface area contributed by atoms with Crippen molar-refractivity contribution >= 4 is 45.2 Å². The number of urea groups is 1. The number of nitrogens with zero attached hydrogens (tertiary/aromatic N) is 1. The number of nitrogens with one attached hydrogen (secondary N) is 1. The van der Waals surface area contributed by atoms with Crippen molar-refractivity contribution < 1.29 is 28.3 Å². The van der Waals surface area contributed by atoms with Gasteiger partial charge in [0.1, 0.15) is 22.9 Å². The normalized spacial score (nSPS) is 10.6. The van der Waals surface area contributed by atoms with Gasteiger partial charge in [0.2, 0.25) is 0 Å². The molecule has 10 heteroatoms. The Balaban J connectivity index is 1.34. The first kappa shape index (κ1) is 24.7. The van der Waals surface area contributed by atoms with E-state index in [1.807, 2.05) is 13.0 Å². The van der Waals surface area contributed by atoms with Crippen molar-refractivity contribution in [1.29, 1.82) is 0 Å². The van der Waals surface area contributed by atoms with Gasteiger partial charge < -0.3 is 19.2 Å². The van der Waals surface area contributed by atoms with E-state index in [-0.39, 0.29) is 12.2 Å². The highest BCUT2D eigenvalue weighted by Gasteiger charge is 2.24. The van der Waals surface area contributed by atoms with Crippen LogP contribution < -0.4 is 20.6 Å². The van der Waals surface area contributed by atoms with Crippen molar-refractivity contribution in [3.05, 3.63) is 93.2 Å². The van der Waals surface area contributed by atoms with E-state index in [9.17, 15) is 19.2 Å². The van der Waals surface area contributed by atoms with E-state index in [4.69, 9.17) is 13.9 Å². The zero-order valence-corrected chi connectivity index (χ0v) is 20.3. The van der Waals surface area contributed by atoms with Crippen LogP contribution in [0.4, 0.5) is 9.80 Å². The lowest BCUT2D eigenvalue weighted by Gasteiger charge is -2.18. The number of fused-ring (bicyclic) bond motifs is 1. The molecule has 2 aromatic heterocycles. The predicted molar refractivity (Wildman–Crippen MR) is 135 cm³/mol. The van der Waals surface area contributed by atoms with E-state index in [1.165, 1.54) is 24.5 Å². The zero-order chi connectivity index (χ0) is 25.7. The quantitative estimate of drug-likeness (QED) is 0.294. The summed E-state index contributed by atoms with van der Waals surface area (Å²) in [6, 6.07) is 15.9. The first-order valence-corrected chi connectivity index (χ1v) is 11.7. The van der Waals surface area contributed by atoms with Crippen LogP contribution in [-0.4, -0.2) is 31.6 Å². The fraction of sp³-hybridized carbons (Fsp3) is 0.154. The number of ether oxygens (including phenoxy) is 2. The Morgan fingerprint density at radius 2 is 1.83 bits per heavy atom. The first-order chi connectivity index (χ1) is 17.4. The number of aryl methyl sites for hydroxylation is 1. The predicted octanol–water partition coefficient (Wildman–Crippen LogP) is 4.27. The van der Waals surface area contributed by atoms with Gasteiger partial charge in [0.15, 0.2) is 6.61 Å². The Labute approximate surface area is 209 Å². The largest absolute Gasteiger partial charge is 0.489 e. The van der Waals surface area contributed by atoms with Crippen molar-refractivity contribution in [3.63, 3.8) is 0 Å². The van der Waals surface area contributed by atoms with Crippen molar-refractivity contribution in [2.75, 3.05) is 18.6 Å². The molecule has 0 fully saturated rings. The van der Waals surface area contributed by atoms with Crippen LogP contribution >= 0.6 is 11.3 Å². The summed E-state index contributed by atoms with van der Waals surface area (Å²) in [5, 5.41) is 5.38. The van der Waals surface area contributed by atoms with Crippen molar-refractivity contribution in [3.8, 4) is 5.75 Å². The lowest BCUT2D eigenvalue weighted by Crippen LogP contribution is -2.44. The standard InChI is InChI=1S/C26H22N2O7S/c1-16-12-24(30)35-21-13-19(9-10-20(16)21)33-14-17-5-7-18(8-6-17)25(31)34-15-22(29)28(26(32)27-2)23-4-3-11-36-23/h3-13H,14-15H2,1-2H3,(H,27,32). The van der Waals surface area contributed by atoms with Gasteiger partial charge in [-0.1, -0.05) is 12.1 Å². The molecule has 2 aromatic carbocycles. The van der Waals surface area contributed by atoms with E-state index >= 15 is 0 Å². The highest BCUT2D eigenvalue weighted by atomic mass is 32.1. The SMILES string of the molecule is CNC(=O)N(C(=O)COC(=O)c1ccc(COc2ccc3c(C)cc(=O)oc3c2)cc1)c1cccs1. The molecule has 36 heavy (non-hydrogen) atoms. The molecule has 0 aliphatic heterocycles. The number of rotatable bonds is 7. The highest BCUT2D eigenvalue weighted by Crippen LogP contribution is 2.23. The molecule has 0 radical (unpaired) electrons. The molecular formula is C26H22N2O7S. The number of hydrogen-bond acceptors (Lipinski definition) is 8. The van der Waals surface area contributed by atoms with Gasteiger partial charge in [0.25, 0.3) is 5.91 Å². The lowest BCUT2D eigenvalue weighted by molar-refractivity contribution is -0.120. The minimum absolute atomic E-state index is 0.220. The van der Waals surface area contributed by atoms with Crippen LogP contribution in [0.2, 0.25) is 0 Å². The molecule has 0 saturated heterocycles. The summed E-state index contributed by atoms with van der Waals surface area (Å²) in [4.78, 5) is 49.6. The van der Waals surface area contributed by atoms with Crippen LogP contribution in [0, 0.1) is 6.92 Å². The van der Waals surface area contributed by atoms with Gasteiger partial charge in [-0.3, -0.25) is 4.79 Å². The van der Waals surface area contributed by atoms with Crippen molar-refractivity contribution in [2.24, 2.45) is 0 Å². The maximum absolute atomic E-state index is 12.5.